The summed E-state index contributed by atoms with van der Waals surface area (Å²) in [6, 6.07) is 9.10. The maximum Gasteiger partial charge on any atom is 0.586 e. The molecule has 0 unspecified atom stereocenters. The molecule has 1 aliphatic heterocycles. The summed E-state index contributed by atoms with van der Waals surface area (Å²) < 4.78 is 34.8. The van der Waals surface area contributed by atoms with Gasteiger partial charge in [0, 0.05) is 17.7 Å². The number of rotatable bonds is 3. The van der Waals surface area contributed by atoms with Gasteiger partial charge in [0.25, 0.3) is 5.91 Å². The molecule has 3 N–H and O–H groups in total. The van der Waals surface area contributed by atoms with Gasteiger partial charge in [-0.15, -0.1) is 8.78 Å². The molecule has 1 amide bonds. The van der Waals surface area contributed by atoms with Crippen molar-refractivity contribution in [2.24, 2.45) is 0 Å². The van der Waals surface area contributed by atoms with Crippen LogP contribution in [0.15, 0.2) is 36.4 Å². The normalized spacial score (nSPS) is 14.7. The number of halogens is 2. The van der Waals surface area contributed by atoms with Crippen LogP contribution in [0, 0.1) is 0 Å². The molecule has 0 bridgehead atoms. The van der Waals surface area contributed by atoms with Crippen molar-refractivity contribution in [2.75, 3.05) is 5.32 Å². The number of amides is 1. The van der Waals surface area contributed by atoms with E-state index in [2.05, 4.69) is 24.8 Å². The smallest absolute Gasteiger partial charge is 0.395 e. The molecular weight excluding hydrogens is 336 g/mol. The first-order chi connectivity index (χ1) is 11.9. The highest BCUT2D eigenvalue weighted by Gasteiger charge is 2.43. The van der Waals surface area contributed by atoms with Crippen LogP contribution in [-0.4, -0.2) is 27.3 Å². The van der Waals surface area contributed by atoms with E-state index in [0.29, 0.717) is 22.2 Å². The number of benzene rings is 2. The van der Waals surface area contributed by atoms with Crippen molar-refractivity contribution < 1.29 is 28.2 Å². The first-order valence-electron chi connectivity index (χ1n) is 7.24. The molecule has 0 radical (unpaired) electrons. The first-order valence-corrected chi connectivity index (χ1v) is 7.24. The summed E-state index contributed by atoms with van der Waals surface area (Å²) in [5, 5.41) is 11.7. The zero-order chi connectivity index (χ0) is 17.6. The van der Waals surface area contributed by atoms with Gasteiger partial charge in [0.05, 0.1) is 17.6 Å². The Morgan fingerprint density at radius 2 is 2.00 bits per heavy atom. The summed E-state index contributed by atoms with van der Waals surface area (Å²) in [5.41, 5.74) is 1.68. The molecule has 0 fully saturated rings. The number of hydrogen-bond donors (Lipinski definition) is 3. The van der Waals surface area contributed by atoms with Crippen LogP contribution in [0.5, 0.6) is 11.5 Å². The van der Waals surface area contributed by atoms with Gasteiger partial charge in [0.15, 0.2) is 11.5 Å². The van der Waals surface area contributed by atoms with E-state index in [1.165, 1.54) is 12.1 Å². The zero-order valence-electron chi connectivity index (χ0n) is 12.5. The van der Waals surface area contributed by atoms with Crippen LogP contribution in [-0.2, 0) is 6.61 Å². The van der Waals surface area contributed by atoms with E-state index >= 15 is 0 Å². The molecular formula is C16H11F2N3O4. The number of nitrogens with one attached hydrogen (secondary N) is 2. The lowest BCUT2D eigenvalue weighted by molar-refractivity contribution is -0.286. The van der Waals surface area contributed by atoms with Crippen molar-refractivity contribution in [3.8, 4) is 11.5 Å². The van der Waals surface area contributed by atoms with Gasteiger partial charge in [0.1, 0.15) is 0 Å². The van der Waals surface area contributed by atoms with Gasteiger partial charge < -0.3 is 19.6 Å². The molecule has 0 aliphatic carbocycles. The van der Waals surface area contributed by atoms with Crippen molar-refractivity contribution in [3.63, 3.8) is 0 Å². The van der Waals surface area contributed by atoms with E-state index in [9.17, 15) is 13.6 Å². The van der Waals surface area contributed by atoms with Crippen molar-refractivity contribution in [2.45, 2.75) is 12.9 Å². The van der Waals surface area contributed by atoms with Crippen molar-refractivity contribution in [3.05, 3.63) is 47.5 Å². The van der Waals surface area contributed by atoms with Gasteiger partial charge in [-0.3, -0.25) is 10.1 Å². The number of anilines is 1. The molecule has 2 aromatic carbocycles. The largest absolute Gasteiger partial charge is 0.586 e. The van der Waals surface area contributed by atoms with Crippen LogP contribution in [0.4, 0.5) is 14.7 Å². The number of nitrogens with zero attached hydrogens (tertiary/aromatic N) is 1. The molecule has 128 valence electrons. The fourth-order valence-corrected chi connectivity index (χ4v) is 2.50. The molecule has 1 aliphatic rings. The van der Waals surface area contributed by atoms with E-state index in [1.807, 2.05) is 0 Å². The third-order valence-corrected chi connectivity index (χ3v) is 3.61. The molecule has 2 heterocycles. The van der Waals surface area contributed by atoms with E-state index in [4.69, 9.17) is 5.11 Å². The first kappa shape index (κ1) is 15.3. The predicted molar refractivity (Wildman–Crippen MR) is 82.6 cm³/mol. The van der Waals surface area contributed by atoms with E-state index in [-0.39, 0.29) is 24.1 Å². The number of carbonyl (C=O) groups excluding carboxylic acids is 1. The SMILES string of the molecule is O=C(Nc1nc2cc3c(cc2[nH]1)OC(F)(F)O3)c1cccc(CO)c1. The quantitative estimate of drug-likeness (QED) is 0.677. The van der Waals surface area contributed by atoms with Crippen LogP contribution in [0.3, 0.4) is 0 Å². The summed E-state index contributed by atoms with van der Waals surface area (Å²) in [5.74, 6) is -0.530. The van der Waals surface area contributed by atoms with Crippen LogP contribution < -0.4 is 14.8 Å². The van der Waals surface area contributed by atoms with E-state index in [0.717, 1.165) is 0 Å². The number of carbonyl (C=O) groups is 1. The van der Waals surface area contributed by atoms with Crippen LogP contribution in [0.2, 0.25) is 0 Å². The number of hydrogen-bond acceptors (Lipinski definition) is 5. The summed E-state index contributed by atoms with van der Waals surface area (Å²) in [4.78, 5) is 19.2. The number of aliphatic hydroxyl groups is 1. The molecule has 4 rings (SSSR count). The molecule has 25 heavy (non-hydrogen) atoms. The van der Waals surface area contributed by atoms with Gasteiger partial charge in [-0.25, -0.2) is 4.98 Å². The second-order valence-electron chi connectivity index (χ2n) is 5.38. The molecule has 9 heteroatoms. The van der Waals surface area contributed by atoms with Gasteiger partial charge in [0.2, 0.25) is 5.95 Å². The lowest BCUT2D eigenvalue weighted by atomic mass is 10.1. The summed E-state index contributed by atoms with van der Waals surface area (Å²) in [7, 11) is 0. The molecule has 0 spiro atoms. The lowest BCUT2D eigenvalue weighted by Gasteiger charge is -2.04. The van der Waals surface area contributed by atoms with Gasteiger partial charge in [-0.05, 0) is 17.7 Å². The van der Waals surface area contributed by atoms with Crippen molar-refractivity contribution in [1.29, 1.82) is 0 Å². The number of alkyl halides is 2. The predicted octanol–water partition coefficient (Wildman–Crippen LogP) is 2.63. The number of aliphatic hydroxyl groups excluding tert-OH is 1. The Morgan fingerprint density at radius 1 is 1.24 bits per heavy atom. The number of fused-ring (bicyclic) bond motifs is 2. The highest BCUT2D eigenvalue weighted by Crippen LogP contribution is 2.42. The average molecular weight is 347 g/mol. The standard InChI is InChI=1S/C16H11F2N3O4/c17-16(18)24-12-5-10-11(6-13(12)25-16)20-15(19-10)21-14(23)9-3-1-2-8(4-9)7-22/h1-6,22H,7H2,(H2,19,20,21,23). The Balaban J connectivity index is 1.59. The fraction of sp³-hybridized carbons (Fsp3) is 0.125. The molecule has 0 saturated carbocycles. The number of H-pyrrole nitrogens is 1. The maximum absolute atomic E-state index is 13.0. The van der Waals surface area contributed by atoms with Crippen LogP contribution in [0.1, 0.15) is 15.9 Å². The number of imidazole rings is 1. The minimum Gasteiger partial charge on any atom is -0.395 e. The minimum atomic E-state index is -3.70. The average Bonchev–Trinajstić information content (AvgIpc) is 3.09. The van der Waals surface area contributed by atoms with E-state index < -0.39 is 12.2 Å². The molecule has 7 nitrogen and oxygen atoms in total. The maximum atomic E-state index is 13.0. The third-order valence-electron chi connectivity index (χ3n) is 3.61. The molecule has 0 atom stereocenters. The Morgan fingerprint density at radius 3 is 2.76 bits per heavy atom. The Bertz CT molecular complexity index is 942. The van der Waals surface area contributed by atoms with Crippen molar-refractivity contribution in [1.82, 2.24) is 9.97 Å². The second kappa shape index (κ2) is 5.42. The number of aromatic nitrogens is 2. The second-order valence-corrected chi connectivity index (χ2v) is 5.38. The zero-order valence-corrected chi connectivity index (χ0v) is 12.5. The lowest BCUT2D eigenvalue weighted by Crippen LogP contribution is -2.25. The summed E-state index contributed by atoms with van der Waals surface area (Å²) in [6.45, 7) is -0.179. The fourth-order valence-electron chi connectivity index (χ4n) is 2.50. The Kier molecular flexibility index (Phi) is 3.32. The van der Waals surface area contributed by atoms with Gasteiger partial charge >= 0.3 is 6.29 Å². The monoisotopic (exact) mass is 347 g/mol. The molecule has 3 aromatic rings. The number of ether oxygens (including phenoxy) is 2. The summed E-state index contributed by atoms with van der Waals surface area (Å²) >= 11 is 0. The molecule has 1 aromatic heterocycles. The highest BCUT2D eigenvalue weighted by molar-refractivity contribution is 6.04. The van der Waals surface area contributed by atoms with E-state index in [1.54, 1.807) is 24.3 Å². The minimum absolute atomic E-state index is 0.116. The van der Waals surface area contributed by atoms with Crippen LogP contribution in [0.25, 0.3) is 11.0 Å². The van der Waals surface area contributed by atoms with Crippen LogP contribution >= 0.6 is 0 Å². The third kappa shape index (κ3) is 2.85. The Hall–Kier alpha value is -3.20. The number of aromatic amines is 1. The highest BCUT2D eigenvalue weighted by atomic mass is 19.3. The Labute approximate surface area is 139 Å². The molecule has 0 saturated heterocycles. The summed E-state index contributed by atoms with van der Waals surface area (Å²) in [6.07, 6.45) is -3.70. The topological polar surface area (TPSA) is 96.5 Å². The van der Waals surface area contributed by atoms with Crippen molar-refractivity contribution >= 4 is 22.9 Å². The van der Waals surface area contributed by atoms with Gasteiger partial charge in [-0.1, -0.05) is 12.1 Å². The van der Waals surface area contributed by atoms with Gasteiger partial charge in [-0.2, -0.15) is 0 Å².